The molecule has 4 heteroatoms. The van der Waals surface area contributed by atoms with Gasteiger partial charge in [0.1, 0.15) is 5.84 Å². The molecule has 1 fully saturated rings. The molecule has 0 radical (unpaired) electrons. The number of hydrogen-bond donors (Lipinski definition) is 1. The fraction of sp³-hybridized carbons (Fsp3) is 0.429. The van der Waals surface area contributed by atoms with Crippen LogP contribution in [0, 0.1) is 0 Å². The standard InChI is InChI=1S/C14H18BrN3/c1-4-11(15)8-12-9(2)6-5-7-14(12)17-10(3)13(16)18-14/h4,8H,2,5-7H2,1,3H3,(H2,16,18)/b11-4+,12-8+. The summed E-state index contributed by atoms with van der Waals surface area (Å²) in [6.07, 6.45) is 7.03. The quantitative estimate of drug-likeness (QED) is 0.792. The Kier molecular flexibility index (Phi) is 3.57. The lowest BCUT2D eigenvalue weighted by Crippen LogP contribution is -2.30. The average molecular weight is 308 g/mol. The predicted molar refractivity (Wildman–Crippen MR) is 81.2 cm³/mol. The second kappa shape index (κ2) is 4.84. The van der Waals surface area contributed by atoms with E-state index >= 15 is 0 Å². The maximum absolute atomic E-state index is 5.89. The number of nitrogens with zero attached hydrogens (tertiary/aromatic N) is 2. The molecule has 18 heavy (non-hydrogen) atoms. The fourth-order valence-corrected chi connectivity index (χ4v) is 2.64. The molecule has 0 amide bonds. The van der Waals surface area contributed by atoms with Crippen LogP contribution in [0.25, 0.3) is 0 Å². The molecule has 0 bridgehead atoms. The topological polar surface area (TPSA) is 50.7 Å². The monoisotopic (exact) mass is 307 g/mol. The van der Waals surface area contributed by atoms with Crippen LogP contribution in [-0.4, -0.2) is 17.2 Å². The molecule has 0 saturated heterocycles. The molecule has 2 rings (SSSR count). The van der Waals surface area contributed by atoms with Gasteiger partial charge in [-0.3, -0.25) is 4.99 Å². The van der Waals surface area contributed by atoms with Crippen LogP contribution in [0.5, 0.6) is 0 Å². The second-order valence-electron chi connectivity index (χ2n) is 4.70. The zero-order chi connectivity index (χ0) is 13.3. The highest BCUT2D eigenvalue weighted by Gasteiger charge is 2.41. The molecule has 1 aliphatic heterocycles. The highest BCUT2D eigenvalue weighted by Crippen LogP contribution is 2.43. The van der Waals surface area contributed by atoms with Crippen LogP contribution in [0.3, 0.4) is 0 Å². The van der Waals surface area contributed by atoms with Crippen molar-refractivity contribution in [2.75, 3.05) is 0 Å². The molecule has 0 aromatic carbocycles. The van der Waals surface area contributed by atoms with Crippen molar-refractivity contribution in [3.8, 4) is 0 Å². The molecule has 1 atom stereocenters. The smallest absolute Gasteiger partial charge is 0.178 e. The van der Waals surface area contributed by atoms with Crippen LogP contribution in [0.4, 0.5) is 0 Å². The predicted octanol–water partition coefficient (Wildman–Crippen LogP) is 3.48. The summed E-state index contributed by atoms with van der Waals surface area (Å²) in [5.74, 6) is 0.548. The van der Waals surface area contributed by atoms with Crippen LogP contribution in [0.2, 0.25) is 0 Å². The Labute approximate surface area is 116 Å². The Balaban J connectivity index is 2.52. The van der Waals surface area contributed by atoms with E-state index in [1.807, 2.05) is 19.9 Å². The molecule has 0 aromatic heterocycles. The minimum atomic E-state index is -0.522. The van der Waals surface area contributed by atoms with Crippen molar-refractivity contribution in [1.82, 2.24) is 0 Å². The van der Waals surface area contributed by atoms with Crippen molar-refractivity contribution in [2.45, 2.75) is 38.8 Å². The summed E-state index contributed by atoms with van der Waals surface area (Å²) in [6, 6.07) is 0. The summed E-state index contributed by atoms with van der Waals surface area (Å²) >= 11 is 3.52. The Morgan fingerprint density at radius 2 is 2.22 bits per heavy atom. The first kappa shape index (κ1) is 13.3. The summed E-state index contributed by atoms with van der Waals surface area (Å²) in [4.78, 5) is 9.28. The van der Waals surface area contributed by atoms with Gasteiger partial charge < -0.3 is 5.73 Å². The van der Waals surface area contributed by atoms with Crippen molar-refractivity contribution in [3.05, 3.63) is 34.4 Å². The third-order valence-electron chi connectivity index (χ3n) is 3.40. The molecule has 1 aliphatic carbocycles. The minimum Gasteiger partial charge on any atom is -0.382 e. The lowest BCUT2D eigenvalue weighted by atomic mass is 9.81. The summed E-state index contributed by atoms with van der Waals surface area (Å²) in [5.41, 5.74) is 8.38. The Hall–Kier alpha value is -1.16. The number of halogens is 1. The molecule has 1 heterocycles. The Morgan fingerprint density at radius 3 is 2.78 bits per heavy atom. The zero-order valence-corrected chi connectivity index (χ0v) is 12.4. The summed E-state index contributed by atoms with van der Waals surface area (Å²) in [7, 11) is 0. The van der Waals surface area contributed by atoms with Gasteiger partial charge in [-0.05, 0) is 44.8 Å². The van der Waals surface area contributed by atoms with E-state index < -0.39 is 5.66 Å². The number of hydrogen-bond acceptors (Lipinski definition) is 3. The third kappa shape index (κ3) is 2.21. The lowest BCUT2D eigenvalue weighted by Gasteiger charge is -2.32. The first-order chi connectivity index (χ1) is 8.48. The van der Waals surface area contributed by atoms with E-state index in [0.29, 0.717) is 5.84 Å². The van der Waals surface area contributed by atoms with Gasteiger partial charge in [-0.2, -0.15) is 0 Å². The van der Waals surface area contributed by atoms with E-state index in [4.69, 9.17) is 10.7 Å². The summed E-state index contributed by atoms with van der Waals surface area (Å²) in [6.45, 7) is 8.05. The van der Waals surface area contributed by atoms with E-state index in [0.717, 1.165) is 40.6 Å². The van der Waals surface area contributed by atoms with Gasteiger partial charge in [0, 0.05) is 10.1 Å². The molecule has 1 saturated carbocycles. The highest BCUT2D eigenvalue weighted by molar-refractivity contribution is 9.11. The third-order valence-corrected chi connectivity index (χ3v) is 4.09. The van der Waals surface area contributed by atoms with E-state index in [1.54, 1.807) is 0 Å². The molecule has 2 N–H and O–H groups in total. The van der Waals surface area contributed by atoms with Gasteiger partial charge in [-0.1, -0.05) is 28.6 Å². The molecule has 1 spiro atoms. The van der Waals surface area contributed by atoms with E-state index in [2.05, 4.69) is 33.6 Å². The van der Waals surface area contributed by atoms with Crippen LogP contribution in [-0.2, 0) is 0 Å². The molecular formula is C14H18BrN3. The minimum absolute atomic E-state index is 0.522. The molecule has 2 aliphatic rings. The second-order valence-corrected chi connectivity index (χ2v) is 5.62. The van der Waals surface area contributed by atoms with Gasteiger partial charge in [0.2, 0.25) is 0 Å². The van der Waals surface area contributed by atoms with Crippen molar-refractivity contribution >= 4 is 27.5 Å². The average Bonchev–Trinajstić information content (AvgIpc) is 2.60. The zero-order valence-electron chi connectivity index (χ0n) is 10.8. The molecule has 3 nitrogen and oxygen atoms in total. The molecule has 1 unspecified atom stereocenters. The molecular weight excluding hydrogens is 290 g/mol. The normalized spacial score (nSPS) is 30.9. The molecule has 96 valence electrons. The molecule has 0 aromatic rings. The number of nitrogens with two attached hydrogens (primary N) is 1. The number of rotatable bonds is 1. The van der Waals surface area contributed by atoms with Gasteiger partial charge in [0.05, 0.1) is 5.71 Å². The number of allylic oxidation sites excluding steroid dienone is 3. The van der Waals surface area contributed by atoms with Crippen molar-refractivity contribution < 1.29 is 0 Å². The SMILES string of the molecule is C=C1CCCC2(N=C(C)C(N)=N2)/C1=C/C(Br)=C\C. The lowest BCUT2D eigenvalue weighted by molar-refractivity contribution is 0.447. The van der Waals surface area contributed by atoms with E-state index in [1.165, 1.54) is 0 Å². The first-order valence-electron chi connectivity index (χ1n) is 6.13. The van der Waals surface area contributed by atoms with Crippen molar-refractivity contribution in [2.24, 2.45) is 15.7 Å². The van der Waals surface area contributed by atoms with Crippen LogP contribution in [0.1, 0.15) is 33.1 Å². The Morgan fingerprint density at radius 1 is 1.50 bits per heavy atom. The summed E-state index contributed by atoms with van der Waals surface area (Å²) in [5, 5.41) is 0. The van der Waals surface area contributed by atoms with Crippen molar-refractivity contribution in [1.29, 1.82) is 0 Å². The summed E-state index contributed by atoms with van der Waals surface area (Å²) < 4.78 is 1.02. The van der Waals surface area contributed by atoms with Gasteiger partial charge >= 0.3 is 0 Å². The highest BCUT2D eigenvalue weighted by atomic mass is 79.9. The Bertz CT molecular complexity index is 491. The van der Waals surface area contributed by atoms with Gasteiger partial charge in [-0.25, -0.2) is 4.99 Å². The van der Waals surface area contributed by atoms with Gasteiger partial charge in [0.15, 0.2) is 5.66 Å². The van der Waals surface area contributed by atoms with E-state index in [9.17, 15) is 0 Å². The van der Waals surface area contributed by atoms with Crippen LogP contribution < -0.4 is 5.73 Å². The maximum Gasteiger partial charge on any atom is 0.178 e. The number of aliphatic imine (C=N–C) groups is 2. The van der Waals surface area contributed by atoms with Crippen LogP contribution >= 0.6 is 15.9 Å². The maximum atomic E-state index is 5.89. The fourth-order valence-electron chi connectivity index (χ4n) is 2.41. The largest absolute Gasteiger partial charge is 0.382 e. The first-order valence-corrected chi connectivity index (χ1v) is 6.92. The van der Waals surface area contributed by atoms with Crippen molar-refractivity contribution in [3.63, 3.8) is 0 Å². The van der Waals surface area contributed by atoms with Gasteiger partial charge in [-0.15, -0.1) is 0 Å². The number of amidine groups is 1. The van der Waals surface area contributed by atoms with Crippen LogP contribution in [0.15, 0.2) is 44.3 Å². The van der Waals surface area contributed by atoms with Gasteiger partial charge in [0.25, 0.3) is 0 Å². The van der Waals surface area contributed by atoms with E-state index in [-0.39, 0.29) is 0 Å².